The van der Waals surface area contributed by atoms with Gasteiger partial charge in [-0.1, -0.05) is 11.6 Å². The summed E-state index contributed by atoms with van der Waals surface area (Å²) in [7, 11) is 3.36. The molecule has 6 heteroatoms. The lowest BCUT2D eigenvalue weighted by Gasteiger charge is -2.48. The fourth-order valence-corrected chi connectivity index (χ4v) is 3.61. The predicted octanol–water partition coefficient (Wildman–Crippen LogP) is 2.31. The molecule has 0 bridgehead atoms. The van der Waals surface area contributed by atoms with Gasteiger partial charge in [0, 0.05) is 25.8 Å². The Hall–Kier alpha value is -1.01. The second-order valence-electron chi connectivity index (χ2n) is 6.10. The topological polar surface area (TPSA) is 45.8 Å². The summed E-state index contributed by atoms with van der Waals surface area (Å²) in [5.41, 5.74) is 2.36. The Morgan fingerprint density at radius 1 is 1.27 bits per heavy atom. The van der Waals surface area contributed by atoms with Crippen molar-refractivity contribution in [3.63, 3.8) is 0 Å². The lowest BCUT2D eigenvalue weighted by atomic mass is 9.85. The molecule has 22 heavy (non-hydrogen) atoms. The summed E-state index contributed by atoms with van der Waals surface area (Å²) in [4.78, 5) is 2.35. The minimum Gasteiger partial charge on any atom is -0.376 e. The summed E-state index contributed by atoms with van der Waals surface area (Å²) >= 11 is 6.19. The number of benzene rings is 1. The van der Waals surface area contributed by atoms with Crippen LogP contribution in [-0.2, 0) is 9.47 Å². The first kappa shape index (κ1) is 15.9. The highest BCUT2D eigenvalue weighted by molar-refractivity contribution is 6.31. The van der Waals surface area contributed by atoms with Gasteiger partial charge < -0.3 is 25.0 Å². The van der Waals surface area contributed by atoms with E-state index >= 15 is 0 Å². The van der Waals surface area contributed by atoms with Crippen LogP contribution < -0.4 is 15.5 Å². The van der Waals surface area contributed by atoms with Crippen LogP contribution in [0.25, 0.3) is 0 Å². The Kier molecular flexibility index (Phi) is 4.78. The molecule has 5 nitrogen and oxygen atoms in total. The van der Waals surface area contributed by atoms with Crippen molar-refractivity contribution >= 4 is 23.0 Å². The van der Waals surface area contributed by atoms with Crippen LogP contribution >= 0.6 is 11.6 Å². The van der Waals surface area contributed by atoms with E-state index in [4.69, 9.17) is 21.1 Å². The quantitative estimate of drug-likeness (QED) is 0.832. The zero-order valence-corrected chi connectivity index (χ0v) is 13.9. The Morgan fingerprint density at radius 2 is 2.00 bits per heavy atom. The average molecular weight is 326 g/mol. The molecule has 0 unspecified atom stereocenters. The normalized spacial score (nSPS) is 20.1. The summed E-state index contributed by atoms with van der Waals surface area (Å²) in [6.45, 7) is 3.73. The van der Waals surface area contributed by atoms with Gasteiger partial charge in [0.2, 0.25) is 0 Å². The van der Waals surface area contributed by atoms with Crippen molar-refractivity contribution in [1.29, 1.82) is 0 Å². The largest absolute Gasteiger partial charge is 0.376 e. The molecular weight excluding hydrogens is 302 g/mol. The molecule has 122 valence electrons. The van der Waals surface area contributed by atoms with Gasteiger partial charge >= 0.3 is 0 Å². The van der Waals surface area contributed by atoms with Crippen molar-refractivity contribution in [3.05, 3.63) is 23.2 Å². The van der Waals surface area contributed by atoms with E-state index in [1.165, 1.54) is 0 Å². The molecule has 0 radical (unpaired) electrons. The minimum atomic E-state index is -0.236. The number of anilines is 2. The maximum absolute atomic E-state index is 6.19. The molecule has 1 fully saturated rings. The third kappa shape index (κ3) is 3.18. The molecular formula is C16H24ClN3O2. The van der Waals surface area contributed by atoms with Crippen molar-refractivity contribution in [1.82, 2.24) is 5.32 Å². The molecule has 2 N–H and O–H groups in total. The van der Waals surface area contributed by atoms with Crippen molar-refractivity contribution < 1.29 is 9.47 Å². The number of methoxy groups -OCH3 is 2. The lowest BCUT2D eigenvalue weighted by Crippen LogP contribution is -2.58. The van der Waals surface area contributed by atoms with Crippen LogP contribution in [0.15, 0.2) is 18.2 Å². The summed E-state index contributed by atoms with van der Waals surface area (Å²) < 4.78 is 10.8. The molecule has 2 heterocycles. The summed E-state index contributed by atoms with van der Waals surface area (Å²) in [6.07, 6.45) is 1.96. The fraction of sp³-hybridized carbons (Fsp3) is 0.625. The highest BCUT2D eigenvalue weighted by Crippen LogP contribution is 2.39. The van der Waals surface area contributed by atoms with Gasteiger partial charge in [-0.3, -0.25) is 0 Å². The van der Waals surface area contributed by atoms with E-state index in [1.807, 2.05) is 12.1 Å². The zero-order valence-electron chi connectivity index (χ0n) is 13.2. The standard InChI is InChI=1S/C16H24ClN3O2/c1-21-15(22-2)10-20-11-16(5-7-18-8-6-16)19-13-9-12(17)3-4-14(13)20/h3-4,9,15,18-19H,5-8,10-11H2,1-2H3. The van der Waals surface area contributed by atoms with Gasteiger partial charge in [-0.15, -0.1) is 0 Å². The van der Waals surface area contributed by atoms with Crippen LogP contribution in [0, 0.1) is 0 Å². The van der Waals surface area contributed by atoms with Gasteiger partial charge in [0.05, 0.1) is 23.5 Å². The molecule has 1 saturated heterocycles. The lowest BCUT2D eigenvalue weighted by molar-refractivity contribution is -0.0953. The Balaban J connectivity index is 1.90. The number of piperidine rings is 1. The van der Waals surface area contributed by atoms with Crippen LogP contribution in [-0.4, -0.2) is 52.2 Å². The Labute approximate surface area is 136 Å². The van der Waals surface area contributed by atoms with Gasteiger partial charge in [-0.05, 0) is 44.1 Å². The molecule has 0 aromatic heterocycles. The van der Waals surface area contributed by atoms with Crippen LogP contribution in [0.5, 0.6) is 0 Å². The number of hydrogen-bond donors (Lipinski definition) is 2. The second-order valence-corrected chi connectivity index (χ2v) is 6.53. The van der Waals surface area contributed by atoms with E-state index in [1.54, 1.807) is 14.2 Å². The zero-order chi connectivity index (χ0) is 15.6. The van der Waals surface area contributed by atoms with E-state index < -0.39 is 0 Å². The SMILES string of the molecule is COC(CN1CC2(CCNCC2)Nc2cc(Cl)ccc21)OC. The van der Waals surface area contributed by atoms with Crippen LogP contribution in [0.2, 0.25) is 5.02 Å². The molecule has 1 spiro atoms. The molecule has 2 aliphatic heterocycles. The number of ether oxygens (including phenoxy) is 2. The highest BCUT2D eigenvalue weighted by atomic mass is 35.5. The van der Waals surface area contributed by atoms with Crippen molar-refractivity contribution in [2.45, 2.75) is 24.7 Å². The molecule has 2 aliphatic rings. The fourth-order valence-electron chi connectivity index (χ4n) is 3.44. The molecule has 1 aromatic rings. The van der Waals surface area contributed by atoms with Gasteiger partial charge in [0.15, 0.2) is 6.29 Å². The Bertz CT molecular complexity index is 516. The van der Waals surface area contributed by atoms with Crippen molar-refractivity contribution in [3.8, 4) is 0 Å². The molecule has 0 saturated carbocycles. The van der Waals surface area contributed by atoms with Crippen LogP contribution in [0.4, 0.5) is 11.4 Å². The smallest absolute Gasteiger partial charge is 0.174 e. The molecule has 0 atom stereocenters. The summed E-state index contributed by atoms with van der Waals surface area (Å²) in [5, 5.41) is 7.94. The number of halogens is 1. The number of hydrogen-bond acceptors (Lipinski definition) is 5. The van der Waals surface area contributed by atoms with Gasteiger partial charge in [0.25, 0.3) is 0 Å². The number of fused-ring (bicyclic) bond motifs is 1. The first-order valence-corrected chi connectivity index (χ1v) is 8.12. The predicted molar refractivity (Wildman–Crippen MR) is 89.9 cm³/mol. The number of rotatable bonds is 4. The number of nitrogens with one attached hydrogen (secondary N) is 2. The maximum atomic E-state index is 6.19. The maximum Gasteiger partial charge on any atom is 0.174 e. The monoisotopic (exact) mass is 325 g/mol. The highest BCUT2D eigenvalue weighted by Gasteiger charge is 2.39. The molecule has 1 aromatic carbocycles. The first-order valence-electron chi connectivity index (χ1n) is 7.75. The molecule has 0 amide bonds. The summed E-state index contributed by atoms with van der Waals surface area (Å²) in [6, 6.07) is 6.02. The van der Waals surface area contributed by atoms with E-state index in [2.05, 4.69) is 21.6 Å². The van der Waals surface area contributed by atoms with Gasteiger partial charge in [-0.2, -0.15) is 0 Å². The third-order valence-electron chi connectivity index (χ3n) is 4.65. The van der Waals surface area contributed by atoms with Crippen molar-refractivity contribution in [2.75, 3.05) is 50.6 Å². The van der Waals surface area contributed by atoms with Gasteiger partial charge in [0.1, 0.15) is 0 Å². The van der Waals surface area contributed by atoms with E-state index in [-0.39, 0.29) is 11.8 Å². The van der Waals surface area contributed by atoms with Crippen LogP contribution in [0.1, 0.15) is 12.8 Å². The van der Waals surface area contributed by atoms with E-state index in [0.717, 1.165) is 48.9 Å². The third-order valence-corrected chi connectivity index (χ3v) is 4.88. The second kappa shape index (κ2) is 6.62. The Morgan fingerprint density at radius 3 is 2.68 bits per heavy atom. The average Bonchev–Trinajstić information content (AvgIpc) is 2.52. The first-order chi connectivity index (χ1) is 10.7. The van der Waals surface area contributed by atoms with Crippen LogP contribution in [0.3, 0.4) is 0 Å². The van der Waals surface area contributed by atoms with Gasteiger partial charge in [-0.25, -0.2) is 0 Å². The molecule has 0 aliphatic carbocycles. The minimum absolute atomic E-state index is 0.0922. The van der Waals surface area contributed by atoms with E-state index in [0.29, 0.717) is 6.54 Å². The molecule has 3 rings (SSSR count). The van der Waals surface area contributed by atoms with Crippen molar-refractivity contribution in [2.24, 2.45) is 0 Å². The number of nitrogens with zero attached hydrogens (tertiary/aromatic N) is 1. The summed E-state index contributed by atoms with van der Waals surface area (Å²) in [5.74, 6) is 0. The van der Waals surface area contributed by atoms with E-state index in [9.17, 15) is 0 Å².